The molecule has 7 heteroatoms. The number of rotatable bonds is 4. The van der Waals surface area contributed by atoms with Gasteiger partial charge in [0.05, 0.1) is 16.3 Å². The second kappa shape index (κ2) is 6.91. The molecule has 0 saturated heterocycles. The van der Waals surface area contributed by atoms with E-state index in [1.165, 1.54) is 0 Å². The monoisotopic (exact) mass is 343 g/mol. The normalized spacial score (nSPS) is 11.2. The van der Waals surface area contributed by atoms with Crippen molar-refractivity contribution in [3.63, 3.8) is 0 Å². The first-order chi connectivity index (χ1) is 10.8. The first-order valence-corrected chi connectivity index (χ1v) is 6.99. The summed E-state index contributed by atoms with van der Waals surface area (Å²) in [4.78, 5) is 11.8. The molecule has 23 heavy (non-hydrogen) atoms. The van der Waals surface area contributed by atoms with Crippen LogP contribution in [0.15, 0.2) is 42.5 Å². The molecule has 0 bridgehead atoms. The molecule has 1 N–H and O–H groups in total. The van der Waals surface area contributed by atoms with Crippen molar-refractivity contribution in [2.24, 2.45) is 0 Å². The molecule has 1 amide bonds. The van der Waals surface area contributed by atoms with Crippen LogP contribution >= 0.6 is 11.6 Å². The lowest BCUT2D eigenvalue weighted by Gasteiger charge is -2.12. The maximum absolute atomic E-state index is 12.7. The third kappa shape index (κ3) is 4.89. The van der Waals surface area contributed by atoms with Gasteiger partial charge < -0.3 is 10.1 Å². The van der Waals surface area contributed by atoms with E-state index in [1.807, 2.05) is 19.1 Å². The van der Waals surface area contributed by atoms with E-state index in [0.717, 1.165) is 23.8 Å². The van der Waals surface area contributed by atoms with Gasteiger partial charge in [-0.1, -0.05) is 29.3 Å². The van der Waals surface area contributed by atoms with Crippen molar-refractivity contribution in [3.8, 4) is 5.75 Å². The smallest absolute Gasteiger partial charge is 0.416 e. The van der Waals surface area contributed by atoms with Gasteiger partial charge in [0.1, 0.15) is 5.75 Å². The van der Waals surface area contributed by atoms with Crippen LogP contribution in [0.2, 0.25) is 5.02 Å². The van der Waals surface area contributed by atoms with E-state index in [4.69, 9.17) is 16.3 Å². The maximum atomic E-state index is 12.7. The third-order valence-electron chi connectivity index (χ3n) is 2.96. The number of alkyl halides is 3. The number of carbonyl (C=O) groups excluding carboxylic acids is 1. The van der Waals surface area contributed by atoms with E-state index >= 15 is 0 Å². The molecule has 2 aromatic carbocycles. The number of benzene rings is 2. The van der Waals surface area contributed by atoms with Crippen molar-refractivity contribution in [1.82, 2.24) is 0 Å². The third-order valence-corrected chi connectivity index (χ3v) is 3.29. The Labute approximate surface area is 136 Å². The van der Waals surface area contributed by atoms with Gasteiger partial charge in [-0.3, -0.25) is 4.79 Å². The van der Waals surface area contributed by atoms with E-state index in [0.29, 0.717) is 5.75 Å². The summed E-state index contributed by atoms with van der Waals surface area (Å²) in [5.74, 6) is -0.118. The molecule has 0 aliphatic heterocycles. The van der Waals surface area contributed by atoms with Gasteiger partial charge in [-0.05, 0) is 37.3 Å². The van der Waals surface area contributed by atoms with Crippen LogP contribution in [-0.4, -0.2) is 12.5 Å². The highest BCUT2D eigenvalue weighted by atomic mass is 35.5. The van der Waals surface area contributed by atoms with Gasteiger partial charge in [-0.15, -0.1) is 0 Å². The number of anilines is 1. The Morgan fingerprint density at radius 2 is 1.83 bits per heavy atom. The number of aryl methyl sites for hydroxylation is 1. The number of hydrogen-bond acceptors (Lipinski definition) is 2. The average molecular weight is 344 g/mol. The molecular formula is C16H13ClF3NO2. The second-order valence-corrected chi connectivity index (χ2v) is 5.25. The number of amides is 1. The lowest BCUT2D eigenvalue weighted by Crippen LogP contribution is -2.20. The standard InChI is InChI=1S/C16H13ClF3NO2/c1-10-2-5-12(6-3-10)23-9-15(22)21-14-8-11(16(18,19)20)4-7-13(14)17/h2-8H,9H2,1H3,(H,21,22). The molecule has 0 unspecified atom stereocenters. The average Bonchev–Trinajstić information content (AvgIpc) is 2.48. The zero-order valence-electron chi connectivity index (χ0n) is 12.1. The summed E-state index contributed by atoms with van der Waals surface area (Å²) in [7, 11) is 0. The Morgan fingerprint density at radius 1 is 1.17 bits per heavy atom. The lowest BCUT2D eigenvalue weighted by molar-refractivity contribution is -0.137. The number of ether oxygens (including phenoxy) is 1. The number of hydrogen-bond donors (Lipinski definition) is 1. The van der Waals surface area contributed by atoms with Crippen molar-refractivity contribution in [1.29, 1.82) is 0 Å². The highest BCUT2D eigenvalue weighted by Crippen LogP contribution is 2.33. The molecule has 122 valence electrons. The molecule has 0 fully saturated rings. The molecule has 3 nitrogen and oxygen atoms in total. The first kappa shape index (κ1) is 17.1. The summed E-state index contributed by atoms with van der Waals surface area (Å²) < 4.78 is 43.2. The molecule has 0 aromatic heterocycles. The highest BCUT2D eigenvalue weighted by Gasteiger charge is 2.31. The maximum Gasteiger partial charge on any atom is 0.416 e. The molecule has 0 aliphatic carbocycles. The van der Waals surface area contributed by atoms with Crippen LogP contribution in [0.5, 0.6) is 5.75 Å². The van der Waals surface area contributed by atoms with Crippen LogP contribution in [0.4, 0.5) is 18.9 Å². The summed E-state index contributed by atoms with van der Waals surface area (Å²) in [5.41, 5.74) is 0.0354. The van der Waals surface area contributed by atoms with Crippen LogP contribution in [0.1, 0.15) is 11.1 Å². The molecule has 0 atom stereocenters. The van der Waals surface area contributed by atoms with E-state index in [2.05, 4.69) is 5.32 Å². The van der Waals surface area contributed by atoms with Crippen molar-refractivity contribution in [2.45, 2.75) is 13.1 Å². The van der Waals surface area contributed by atoms with E-state index in [9.17, 15) is 18.0 Å². The zero-order chi connectivity index (χ0) is 17.0. The largest absolute Gasteiger partial charge is 0.484 e. The minimum absolute atomic E-state index is 0.0154. The van der Waals surface area contributed by atoms with Gasteiger partial charge in [0.25, 0.3) is 5.91 Å². The lowest BCUT2D eigenvalue weighted by atomic mass is 10.2. The first-order valence-electron chi connectivity index (χ1n) is 6.62. The Bertz CT molecular complexity index is 699. The topological polar surface area (TPSA) is 38.3 Å². The van der Waals surface area contributed by atoms with E-state index in [-0.39, 0.29) is 17.3 Å². The molecular weight excluding hydrogens is 331 g/mol. The van der Waals surface area contributed by atoms with Crippen molar-refractivity contribution < 1.29 is 22.7 Å². The predicted octanol–water partition coefficient (Wildman–Crippen LogP) is 4.68. The van der Waals surface area contributed by atoms with Crippen LogP contribution in [0, 0.1) is 6.92 Å². The van der Waals surface area contributed by atoms with Gasteiger partial charge in [0.2, 0.25) is 0 Å². The number of nitrogens with one attached hydrogen (secondary N) is 1. The van der Waals surface area contributed by atoms with Gasteiger partial charge in [-0.25, -0.2) is 0 Å². The molecule has 2 aromatic rings. The predicted molar refractivity (Wildman–Crippen MR) is 81.8 cm³/mol. The molecule has 0 saturated carbocycles. The molecule has 2 rings (SSSR count). The van der Waals surface area contributed by atoms with Gasteiger partial charge in [-0.2, -0.15) is 13.2 Å². The summed E-state index contributed by atoms with van der Waals surface area (Å²) in [6, 6.07) is 9.74. The second-order valence-electron chi connectivity index (χ2n) is 4.84. The van der Waals surface area contributed by atoms with Crippen molar-refractivity contribution in [2.75, 3.05) is 11.9 Å². The summed E-state index contributed by atoms with van der Waals surface area (Å²) in [5, 5.41) is 2.32. The van der Waals surface area contributed by atoms with Gasteiger partial charge >= 0.3 is 6.18 Å². The summed E-state index contributed by atoms with van der Waals surface area (Å²) >= 11 is 5.80. The minimum Gasteiger partial charge on any atom is -0.484 e. The number of halogens is 4. The fourth-order valence-corrected chi connectivity index (χ4v) is 1.93. The summed E-state index contributed by atoms with van der Waals surface area (Å²) in [6.07, 6.45) is -4.51. The molecule has 0 radical (unpaired) electrons. The fourth-order valence-electron chi connectivity index (χ4n) is 1.77. The van der Waals surface area contributed by atoms with E-state index < -0.39 is 17.6 Å². The number of carbonyl (C=O) groups is 1. The Kier molecular flexibility index (Phi) is 5.15. The Morgan fingerprint density at radius 3 is 2.43 bits per heavy atom. The molecule has 0 spiro atoms. The van der Waals surface area contributed by atoms with Gasteiger partial charge in [0.15, 0.2) is 6.61 Å². The zero-order valence-corrected chi connectivity index (χ0v) is 12.8. The quantitative estimate of drug-likeness (QED) is 0.875. The Balaban J connectivity index is 2.01. The summed E-state index contributed by atoms with van der Waals surface area (Å²) in [6.45, 7) is 1.57. The minimum atomic E-state index is -4.51. The van der Waals surface area contributed by atoms with Crippen LogP contribution < -0.4 is 10.1 Å². The van der Waals surface area contributed by atoms with Crippen molar-refractivity contribution >= 4 is 23.2 Å². The SMILES string of the molecule is Cc1ccc(OCC(=O)Nc2cc(C(F)(F)F)ccc2Cl)cc1. The Hall–Kier alpha value is -2.21. The van der Waals surface area contributed by atoms with Crippen molar-refractivity contribution in [3.05, 3.63) is 58.6 Å². The molecule has 0 heterocycles. The van der Waals surface area contributed by atoms with Crippen LogP contribution in [0.25, 0.3) is 0 Å². The fraction of sp³-hybridized carbons (Fsp3) is 0.188. The molecule has 0 aliphatic rings. The van der Waals surface area contributed by atoms with Gasteiger partial charge in [0, 0.05) is 0 Å². The van der Waals surface area contributed by atoms with E-state index in [1.54, 1.807) is 12.1 Å². The highest BCUT2D eigenvalue weighted by molar-refractivity contribution is 6.33. The van der Waals surface area contributed by atoms with Crippen LogP contribution in [-0.2, 0) is 11.0 Å². The van der Waals surface area contributed by atoms with Crippen LogP contribution in [0.3, 0.4) is 0 Å².